The maximum atomic E-state index is 14.1. The average Bonchev–Trinajstić information content (AvgIpc) is 1.68. The van der Waals surface area contributed by atoms with Gasteiger partial charge in [0.25, 0.3) is 10.0 Å². The van der Waals surface area contributed by atoms with Crippen molar-refractivity contribution in [3.05, 3.63) is 167 Å². The van der Waals surface area contributed by atoms with Crippen molar-refractivity contribution in [2.45, 2.75) is 203 Å². The molecule has 3 aliphatic rings. The lowest BCUT2D eigenvalue weighted by Crippen LogP contribution is -2.61. The molecular weight excluding hydrogens is 1260 g/mol. The molecule has 0 aliphatic carbocycles. The summed E-state index contributed by atoms with van der Waals surface area (Å²) >= 11 is 6.69. The Hall–Kier alpha value is -6.29. The number of ketones is 1. The van der Waals surface area contributed by atoms with E-state index in [0.717, 1.165) is 21.7 Å². The van der Waals surface area contributed by atoms with E-state index in [9.17, 15) is 43.5 Å². The zero-order valence-electron chi connectivity index (χ0n) is 57.1. The Bertz CT molecular complexity index is 3500. The number of rotatable bonds is 14. The van der Waals surface area contributed by atoms with Gasteiger partial charge in [0.15, 0.2) is 12.6 Å². The molecule has 0 saturated carbocycles. The summed E-state index contributed by atoms with van der Waals surface area (Å²) in [6, 6.07) is 36.2. The molecular formula is C71H98ClN7O15S. The van der Waals surface area contributed by atoms with Crippen LogP contribution in [0.1, 0.15) is 123 Å². The first-order chi connectivity index (χ1) is 44.6. The third-order valence-corrected chi connectivity index (χ3v) is 20.4. The number of imidazole rings is 1. The van der Waals surface area contributed by atoms with Crippen LogP contribution in [0.15, 0.2) is 139 Å². The van der Waals surface area contributed by atoms with Crippen LogP contribution >= 0.6 is 11.6 Å². The van der Waals surface area contributed by atoms with E-state index in [0.29, 0.717) is 23.5 Å². The molecule has 0 bridgehead atoms. The first-order valence-corrected chi connectivity index (χ1v) is 34.1. The summed E-state index contributed by atoms with van der Waals surface area (Å²) in [5.41, 5.74) is 5.28. The van der Waals surface area contributed by atoms with Crippen molar-refractivity contribution in [2.24, 2.45) is 23.7 Å². The van der Waals surface area contributed by atoms with E-state index >= 15 is 0 Å². The van der Waals surface area contributed by atoms with E-state index in [1.165, 1.54) is 52.1 Å². The van der Waals surface area contributed by atoms with Crippen LogP contribution in [-0.2, 0) is 53.6 Å². The Morgan fingerprint density at radius 2 is 1.38 bits per heavy atom. The molecule has 0 amide bonds. The van der Waals surface area contributed by atoms with Gasteiger partial charge in [0.1, 0.15) is 35.2 Å². The number of nitrogens with one attached hydrogen (secondary N) is 1. The number of sulfonamides is 1. The highest BCUT2D eigenvalue weighted by Gasteiger charge is 2.54. The highest BCUT2D eigenvalue weighted by molar-refractivity contribution is 7.92. The number of halogens is 1. The number of ether oxygens (including phenoxy) is 6. The number of likely N-dealkylation sites (N-methyl/N-ethyl adjacent to an activating group) is 1. The topological polar surface area (TPSA) is 310 Å². The van der Waals surface area contributed by atoms with Crippen molar-refractivity contribution >= 4 is 45.0 Å². The second kappa shape index (κ2) is 31.9. The zero-order chi connectivity index (χ0) is 70.1. The van der Waals surface area contributed by atoms with E-state index in [2.05, 4.69) is 78.8 Å². The van der Waals surface area contributed by atoms with Gasteiger partial charge < -0.3 is 69.2 Å². The standard InChI is InChI=1S/C37H67NO13.C22H17ClN2.C12H14N4O2S/c1-14-25-37(10,45)30(41)20(4)27(39)18(2)16-35(8,44)32(51-34-28(40)24(38(11)12)15-19(3)47-34)21(5)29(22(6)33(43)49-25)50-26-17-36(9,46-13)31(42)23(7)48-26;23-21-14-8-7-13-20(21)22(25-16-15-24-17-25,18-9-3-1-4-10-18)19-11-5-2-6-12-19;1-8-7-9(2)15-12(14-8)16-19(17,18)11-5-3-10(13)4-6-11/h18-26,28-32,34,40-42,44-45H,14-17H2,1-13H3;1-17H;3-7H,13H2,1-2H3,(H,14,15,16)/t18-,19-,20+,21+,22-,23+,24+,25-,26+,28-,29+,30-,31+,32-,34+,35-,36-,37-;;/m1../s1. The molecule has 18 atom stereocenters. The molecule has 3 fully saturated rings. The van der Waals surface area contributed by atoms with Crippen LogP contribution in [-0.4, -0.2) is 176 Å². The number of nitrogens with zero attached hydrogens (tertiary/aromatic N) is 5. The number of aliphatic hydroxyl groups excluding tert-OH is 3. The second-order valence-electron chi connectivity index (χ2n) is 26.5. The van der Waals surface area contributed by atoms with Gasteiger partial charge in [-0.2, -0.15) is 0 Å². The minimum absolute atomic E-state index is 0.0642. The van der Waals surface area contributed by atoms with Gasteiger partial charge in [-0.05, 0) is 136 Å². The monoisotopic (exact) mass is 1360 g/mol. The molecule has 0 unspecified atom stereocenters. The summed E-state index contributed by atoms with van der Waals surface area (Å²) in [6.45, 7) is 19.9. The number of Topliss-reactive ketones (excluding diaryl/α,β-unsaturated/α-hetero) is 1. The molecule has 8 N–H and O–H groups in total. The molecule has 95 heavy (non-hydrogen) atoms. The van der Waals surface area contributed by atoms with Crippen LogP contribution in [0.25, 0.3) is 0 Å². The minimum Gasteiger partial charge on any atom is -0.459 e. The molecule has 22 nitrogen and oxygen atoms in total. The molecule has 0 spiro atoms. The van der Waals surface area contributed by atoms with Crippen LogP contribution in [0.2, 0.25) is 5.02 Å². The minimum atomic E-state index is -3.69. The smallest absolute Gasteiger partial charge is 0.311 e. The molecule has 6 aromatic rings. The number of aromatic nitrogens is 4. The third-order valence-electron chi connectivity index (χ3n) is 18.8. The number of esters is 1. The molecule has 520 valence electrons. The first-order valence-electron chi connectivity index (χ1n) is 32.2. The molecule has 9 rings (SSSR count). The summed E-state index contributed by atoms with van der Waals surface area (Å²) in [4.78, 5) is 42.3. The van der Waals surface area contributed by atoms with E-state index < -0.39 is 123 Å². The fraction of sp³-hybridized carbons (Fsp3) is 0.535. The van der Waals surface area contributed by atoms with Crippen LogP contribution in [0.4, 0.5) is 11.6 Å². The number of carbonyl (C=O) groups is 2. The number of nitrogen functional groups attached to an aromatic ring is 1. The highest BCUT2D eigenvalue weighted by Crippen LogP contribution is 2.45. The Balaban J connectivity index is 0.000000236. The predicted molar refractivity (Wildman–Crippen MR) is 361 cm³/mol. The lowest BCUT2D eigenvalue weighted by atomic mass is 9.74. The van der Waals surface area contributed by atoms with Gasteiger partial charge in [0, 0.05) is 77.4 Å². The van der Waals surface area contributed by atoms with Crippen molar-refractivity contribution in [1.82, 2.24) is 24.4 Å². The predicted octanol–water partition coefficient (Wildman–Crippen LogP) is 8.64. The molecule has 4 aromatic carbocycles. The summed E-state index contributed by atoms with van der Waals surface area (Å²) in [5.74, 6) is -4.91. The summed E-state index contributed by atoms with van der Waals surface area (Å²) in [5, 5.41) is 58.3. The quantitative estimate of drug-likeness (QED) is 0.0305. The zero-order valence-corrected chi connectivity index (χ0v) is 58.7. The SMILES string of the molecule is CC[C@H]1OC(=O)[C@H](C)[C@@H](O[C@H]2C[C@@](C)(OC)[C@@H](O)[C@H](C)O2)[C@H](C)[C@@H](O[C@@H]2O[C@H](C)C[C@H](N(C)C)[C@H]2O)[C@](C)(O)C[C@@H](C)C(=O)[C@H](C)[C@@H](O)[C@]1(C)O.Cc1cc(C)nc(NS(=O)(=O)c2ccc(N)cc2)n1.Clc1ccccc1C(c1ccccc1)(c1ccccc1)n1ccnc1. The molecule has 2 aromatic heterocycles. The fourth-order valence-electron chi connectivity index (χ4n) is 13.5. The number of methoxy groups -OCH3 is 1. The summed E-state index contributed by atoms with van der Waals surface area (Å²) < 4.78 is 65.7. The molecule has 3 aliphatic heterocycles. The number of benzene rings is 4. The summed E-state index contributed by atoms with van der Waals surface area (Å²) in [6.07, 6.45) is -4.06. The van der Waals surface area contributed by atoms with Crippen LogP contribution in [0, 0.1) is 37.5 Å². The second-order valence-corrected chi connectivity index (χ2v) is 28.6. The third kappa shape index (κ3) is 17.5. The number of aryl methyl sites for hydroxylation is 2. The molecule has 5 heterocycles. The van der Waals surface area contributed by atoms with Gasteiger partial charge >= 0.3 is 5.97 Å². The normalized spacial score (nSPS) is 32.0. The number of hydrogen-bond donors (Lipinski definition) is 7. The highest BCUT2D eigenvalue weighted by atomic mass is 35.5. The van der Waals surface area contributed by atoms with Gasteiger partial charge in [-0.3, -0.25) is 9.59 Å². The van der Waals surface area contributed by atoms with Crippen molar-refractivity contribution < 1.29 is 72.0 Å². The number of anilines is 2. The Morgan fingerprint density at radius 3 is 1.92 bits per heavy atom. The number of hydrogen-bond acceptors (Lipinski definition) is 20. The van der Waals surface area contributed by atoms with E-state index in [1.54, 1.807) is 67.7 Å². The van der Waals surface area contributed by atoms with Gasteiger partial charge in [-0.15, -0.1) is 0 Å². The van der Waals surface area contributed by atoms with Crippen LogP contribution in [0.5, 0.6) is 0 Å². The maximum absolute atomic E-state index is 14.1. The van der Waals surface area contributed by atoms with E-state index in [1.807, 2.05) is 68.8 Å². The van der Waals surface area contributed by atoms with Crippen LogP contribution < -0.4 is 10.5 Å². The molecule has 0 radical (unpaired) electrons. The Morgan fingerprint density at radius 1 is 0.800 bits per heavy atom. The Labute approximate surface area is 564 Å². The first kappa shape index (κ1) is 76.1. The van der Waals surface area contributed by atoms with E-state index in [-0.39, 0.29) is 42.3 Å². The van der Waals surface area contributed by atoms with Gasteiger partial charge in [-0.25, -0.2) is 28.1 Å². The maximum Gasteiger partial charge on any atom is 0.311 e. The van der Waals surface area contributed by atoms with Crippen molar-refractivity contribution in [3.8, 4) is 0 Å². The van der Waals surface area contributed by atoms with Crippen molar-refractivity contribution in [2.75, 3.05) is 31.7 Å². The van der Waals surface area contributed by atoms with Crippen molar-refractivity contribution in [1.29, 1.82) is 0 Å². The van der Waals surface area contributed by atoms with Gasteiger partial charge in [-0.1, -0.05) is 118 Å². The number of aliphatic hydroxyl groups is 5. The van der Waals surface area contributed by atoms with Crippen molar-refractivity contribution in [3.63, 3.8) is 0 Å². The Kier molecular flexibility index (Phi) is 25.6. The largest absolute Gasteiger partial charge is 0.459 e. The fourth-order valence-corrected chi connectivity index (χ4v) is 14.7. The number of nitrogens with two attached hydrogens (primary N) is 1. The van der Waals surface area contributed by atoms with Gasteiger partial charge in [0.2, 0.25) is 5.95 Å². The molecule has 24 heteroatoms. The summed E-state index contributed by atoms with van der Waals surface area (Å²) in [7, 11) is 1.48. The lowest BCUT2D eigenvalue weighted by Gasteiger charge is -2.49. The molecule has 3 saturated heterocycles. The lowest BCUT2D eigenvalue weighted by molar-refractivity contribution is -0.318. The number of carbonyl (C=O) groups excluding carboxylic acids is 2. The number of cyclic esters (lactones) is 1. The average molecular weight is 1360 g/mol. The van der Waals surface area contributed by atoms with Gasteiger partial charge in [0.05, 0.1) is 58.9 Å². The van der Waals surface area contributed by atoms with E-state index in [4.69, 9.17) is 45.8 Å². The van der Waals surface area contributed by atoms with Crippen LogP contribution in [0.3, 0.4) is 0 Å².